The van der Waals surface area contributed by atoms with Crippen molar-refractivity contribution in [1.82, 2.24) is 10.3 Å². The molecule has 1 aromatic heterocycles. The molecule has 0 amide bonds. The van der Waals surface area contributed by atoms with Crippen molar-refractivity contribution in [3.8, 4) is 16.3 Å². The van der Waals surface area contributed by atoms with E-state index in [1.165, 1.54) is 4.88 Å². The summed E-state index contributed by atoms with van der Waals surface area (Å²) < 4.78 is 0. The average molecular weight is 248 g/mol. The largest absolute Gasteiger partial charge is 0.508 e. The highest BCUT2D eigenvalue weighted by Gasteiger charge is 2.04. The van der Waals surface area contributed by atoms with E-state index in [0.29, 0.717) is 5.75 Å². The number of nitrogens with one attached hydrogen (secondary N) is 1. The number of phenols is 1. The van der Waals surface area contributed by atoms with E-state index in [4.69, 9.17) is 0 Å². The van der Waals surface area contributed by atoms with E-state index < -0.39 is 0 Å². The lowest BCUT2D eigenvalue weighted by Crippen LogP contribution is -2.07. The molecule has 1 aromatic carbocycles. The van der Waals surface area contributed by atoms with Crippen LogP contribution in [0.2, 0.25) is 0 Å². The van der Waals surface area contributed by atoms with Gasteiger partial charge in [0.2, 0.25) is 0 Å². The SMILES string of the molecule is CNCCCc1cnc(-c2ccc(O)cc2)s1. The van der Waals surface area contributed by atoms with Gasteiger partial charge in [0.1, 0.15) is 10.8 Å². The van der Waals surface area contributed by atoms with Crippen molar-refractivity contribution in [3.05, 3.63) is 35.3 Å². The van der Waals surface area contributed by atoms with Crippen molar-refractivity contribution >= 4 is 11.3 Å². The fourth-order valence-corrected chi connectivity index (χ4v) is 2.56. The number of hydrogen-bond donors (Lipinski definition) is 2. The smallest absolute Gasteiger partial charge is 0.123 e. The molecule has 0 unspecified atom stereocenters. The first-order valence-electron chi connectivity index (χ1n) is 5.68. The van der Waals surface area contributed by atoms with E-state index >= 15 is 0 Å². The molecule has 2 N–H and O–H groups in total. The van der Waals surface area contributed by atoms with Gasteiger partial charge in [0.05, 0.1) is 0 Å². The third-order valence-corrected chi connectivity index (χ3v) is 3.62. The zero-order valence-corrected chi connectivity index (χ0v) is 10.6. The fourth-order valence-electron chi connectivity index (χ4n) is 1.60. The van der Waals surface area contributed by atoms with Crippen molar-refractivity contribution in [1.29, 1.82) is 0 Å². The quantitative estimate of drug-likeness (QED) is 0.800. The van der Waals surface area contributed by atoms with Crippen LogP contribution in [0.15, 0.2) is 30.5 Å². The van der Waals surface area contributed by atoms with Crippen LogP contribution in [-0.2, 0) is 6.42 Å². The van der Waals surface area contributed by atoms with Gasteiger partial charge in [-0.25, -0.2) is 4.98 Å². The molecule has 90 valence electrons. The third-order valence-electron chi connectivity index (χ3n) is 2.52. The van der Waals surface area contributed by atoms with E-state index in [-0.39, 0.29) is 0 Å². The van der Waals surface area contributed by atoms with Crippen molar-refractivity contribution < 1.29 is 5.11 Å². The Balaban J connectivity index is 2.04. The number of phenolic OH excluding ortho intramolecular Hbond substituents is 1. The Kier molecular flexibility index (Phi) is 4.12. The molecule has 3 nitrogen and oxygen atoms in total. The Morgan fingerprint density at radius 2 is 2.06 bits per heavy atom. The number of aryl methyl sites for hydroxylation is 1. The molecule has 0 aliphatic heterocycles. The molecule has 0 aliphatic carbocycles. The molecule has 0 radical (unpaired) electrons. The monoisotopic (exact) mass is 248 g/mol. The van der Waals surface area contributed by atoms with Gasteiger partial charge < -0.3 is 10.4 Å². The zero-order valence-electron chi connectivity index (χ0n) is 9.81. The molecule has 17 heavy (non-hydrogen) atoms. The Bertz CT molecular complexity index is 465. The summed E-state index contributed by atoms with van der Waals surface area (Å²) in [6.45, 7) is 1.03. The lowest BCUT2D eigenvalue weighted by atomic mass is 10.2. The number of rotatable bonds is 5. The normalized spacial score (nSPS) is 10.6. The van der Waals surface area contributed by atoms with Crippen molar-refractivity contribution in [2.45, 2.75) is 12.8 Å². The predicted molar refractivity (Wildman–Crippen MR) is 71.5 cm³/mol. The highest BCUT2D eigenvalue weighted by atomic mass is 32.1. The summed E-state index contributed by atoms with van der Waals surface area (Å²) in [5.74, 6) is 0.291. The van der Waals surface area contributed by atoms with Gasteiger partial charge in [0.25, 0.3) is 0 Å². The minimum absolute atomic E-state index is 0.291. The number of benzene rings is 1. The maximum absolute atomic E-state index is 9.23. The van der Waals surface area contributed by atoms with Gasteiger partial charge in [-0.2, -0.15) is 0 Å². The van der Waals surface area contributed by atoms with Gasteiger partial charge in [-0.3, -0.25) is 0 Å². The molecule has 2 rings (SSSR count). The molecule has 4 heteroatoms. The van der Waals surface area contributed by atoms with Gasteiger partial charge in [-0.15, -0.1) is 11.3 Å². The van der Waals surface area contributed by atoms with E-state index in [2.05, 4.69) is 10.3 Å². The second-order valence-electron chi connectivity index (χ2n) is 3.89. The standard InChI is InChI=1S/C13H16N2OS/c1-14-8-2-3-12-9-15-13(17-12)10-4-6-11(16)7-5-10/h4-7,9,14,16H,2-3,8H2,1H3. The van der Waals surface area contributed by atoms with Gasteiger partial charge >= 0.3 is 0 Å². The van der Waals surface area contributed by atoms with E-state index in [1.54, 1.807) is 23.5 Å². The van der Waals surface area contributed by atoms with Crippen molar-refractivity contribution in [2.75, 3.05) is 13.6 Å². The highest BCUT2D eigenvalue weighted by Crippen LogP contribution is 2.26. The Labute approximate surface area is 105 Å². The molecule has 0 fully saturated rings. The van der Waals surface area contributed by atoms with Crippen LogP contribution in [0, 0.1) is 0 Å². The number of hydrogen-bond acceptors (Lipinski definition) is 4. The van der Waals surface area contributed by atoms with Crippen LogP contribution in [-0.4, -0.2) is 23.7 Å². The summed E-state index contributed by atoms with van der Waals surface area (Å²) in [4.78, 5) is 5.72. The summed E-state index contributed by atoms with van der Waals surface area (Å²) in [6, 6.07) is 7.17. The number of thiazole rings is 1. The highest BCUT2D eigenvalue weighted by molar-refractivity contribution is 7.15. The molecule has 0 bridgehead atoms. The van der Waals surface area contributed by atoms with Crippen molar-refractivity contribution in [3.63, 3.8) is 0 Å². The summed E-state index contributed by atoms with van der Waals surface area (Å²) in [5, 5.41) is 13.4. The molecule has 0 atom stereocenters. The topological polar surface area (TPSA) is 45.2 Å². The molecule has 0 saturated carbocycles. The maximum Gasteiger partial charge on any atom is 0.123 e. The first-order chi connectivity index (χ1) is 8.29. The molecule has 0 saturated heterocycles. The second-order valence-corrected chi connectivity index (χ2v) is 5.00. The van der Waals surface area contributed by atoms with E-state index in [1.807, 2.05) is 25.4 Å². The second kappa shape index (κ2) is 5.80. The van der Waals surface area contributed by atoms with Crippen molar-refractivity contribution in [2.24, 2.45) is 0 Å². The summed E-state index contributed by atoms with van der Waals surface area (Å²) in [5.41, 5.74) is 1.06. The third kappa shape index (κ3) is 3.28. The molecule has 0 spiro atoms. The van der Waals surface area contributed by atoms with E-state index in [0.717, 1.165) is 30.0 Å². The molecule has 2 aromatic rings. The Hall–Kier alpha value is -1.39. The zero-order chi connectivity index (χ0) is 12.1. The lowest BCUT2D eigenvalue weighted by molar-refractivity contribution is 0.475. The van der Waals surface area contributed by atoms with E-state index in [9.17, 15) is 5.11 Å². The van der Waals surface area contributed by atoms with Crippen LogP contribution >= 0.6 is 11.3 Å². The molecule has 1 heterocycles. The van der Waals surface area contributed by atoms with Gasteiger partial charge in [-0.1, -0.05) is 0 Å². The number of aromatic hydroxyl groups is 1. The van der Waals surface area contributed by atoms with Gasteiger partial charge in [-0.05, 0) is 50.7 Å². The summed E-state index contributed by atoms with van der Waals surface area (Å²) >= 11 is 1.72. The predicted octanol–water partition coefficient (Wildman–Crippen LogP) is 2.67. The average Bonchev–Trinajstić information content (AvgIpc) is 2.79. The van der Waals surface area contributed by atoms with Crippen LogP contribution in [0.4, 0.5) is 0 Å². The van der Waals surface area contributed by atoms with Gasteiger partial charge in [0, 0.05) is 16.6 Å². The molecule has 0 aliphatic rings. The minimum Gasteiger partial charge on any atom is -0.508 e. The summed E-state index contributed by atoms with van der Waals surface area (Å²) in [6.07, 6.45) is 4.15. The van der Waals surface area contributed by atoms with Crippen LogP contribution in [0.5, 0.6) is 5.75 Å². The van der Waals surface area contributed by atoms with Gasteiger partial charge in [0.15, 0.2) is 0 Å². The summed E-state index contributed by atoms with van der Waals surface area (Å²) in [7, 11) is 1.97. The van der Waals surface area contributed by atoms with Crippen LogP contribution < -0.4 is 5.32 Å². The Morgan fingerprint density at radius 1 is 1.29 bits per heavy atom. The molecular formula is C13H16N2OS. The van der Waals surface area contributed by atoms with Crippen LogP contribution in [0.3, 0.4) is 0 Å². The maximum atomic E-state index is 9.23. The number of aromatic nitrogens is 1. The molecular weight excluding hydrogens is 232 g/mol. The first-order valence-corrected chi connectivity index (χ1v) is 6.50. The van der Waals surface area contributed by atoms with Crippen LogP contribution in [0.25, 0.3) is 10.6 Å². The lowest BCUT2D eigenvalue weighted by Gasteiger charge is -1.97. The minimum atomic E-state index is 0.291. The Morgan fingerprint density at radius 3 is 2.76 bits per heavy atom. The first kappa shape index (κ1) is 12.1. The number of nitrogens with zero attached hydrogens (tertiary/aromatic N) is 1. The van der Waals surface area contributed by atoms with Crippen LogP contribution in [0.1, 0.15) is 11.3 Å². The fraction of sp³-hybridized carbons (Fsp3) is 0.308.